The smallest absolute Gasteiger partial charge is 0.305 e. The van der Waals surface area contributed by atoms with Crippen molar-refractivity contribution in [1.82, 2.24) is 4.90 Å². The lowest BCUT2D eigenvalue weighted by molar-refractivity contribution is -0.470. The maximum atomic E-state index is 12.4. The lowest BCUT2D eigenvalue weighted by atomic mass is 9.83. The average molecular weight is 624 g/mol. The Morgan fingerprint density at radius 2 is 0.977 bits per heavy atom. The van der Waals surface area contributed by atoms with Gasteiger partial charge in [-0.2, -0.15) is 0 Å². The third-order valence-corrected chi connectivity index (χ3v) is 9.87. The van der Waals surface area contributed by atoms with Gasteiger partial charge in [0.15, 0.2) is 0 Å². The van der Waals surface area contributed by atoms with Crippen LogP contribution in [0.2, 0.25) is 0 Å². The summed E-state index contributed by atoms with van der Waals surface area (Å²) < 4.78 is 23.8. The molecule has 0 radical (unpaired) electrons. The van der Waals surface area contributed by atoms with E-state index >= 15 is 0 Å². The standard InChI is InChI=1S/C38H73NO5/c1-4-6-8-10-12-14-16-18-20-22-24-26-30-39(3)31-32-41-36(40)27-29-37-33-42-38(43-34-37,44-35-37)28-25-23-21-19-17-15-13-11-9-7-5-2/h4-35H2,1-3H3. The Morgan fingerprint density at radius 1 is 0.568 bits per heavy atom. The van der Waals surface area contributed by atoms with Gasteiger partial charge in [-0.1, -0.05) is 149 Å². The van der Waals surface area contributed by atoms with E-state index in [4.69, 9.17) is 18.9 Å². The lowest BCUT2D eigenvalue weighted by Crippen LogP contribution is -2.60. The van der Waals surface area contributed by atoms with Gasteiger partial charge < -0.3 is 23.8 Å². The molecule has 0 atom stereocenters. The monoisotopic (exact) mass is 624 g/mol. The number of likely N-dealkylation sites (N-methyl/N-ethyl adjacent to an activating group) is 1. The zero-order chi connectivity index (χ0) is 31.6. The molecule has 3 fully saturated rings. The number of fused-ring (bicyclic) bond motifs is 3. The zero-order valence-corrected chi connectivity index (χ0v) is 29.6. The second-order valence-electron chi connectivity index (χ2n) is 14.2. The lowest BCUT2D eigenvalue weighted by Gasteiger charge is -2.52. The number of carbonyl (C=O) groups excluding carboxylic acids is 1. The molecule has 44 heavy (non-hydrogen) atoms. The van der Waals surface area contributed by atoms with Crippen molar-refractivity contribution in [3.63, 3.8) is 0 Å². The summed E-state index contributed by atoms with van der Waals surface area (Å²) in [6, 6.07) is 0. The van der Waals surface area contributed by atoms with Crippen LogP contribution in [0.1, 0.15) is 181 Å². The maximum absolute atomic E-state index is 12.4. The van der Waals surface area contributed by atoms with Crippen molar-refractivity contribution in [3.05, 3.63) is 0 Å². The van der Waals surface area contributed by atoms with Crippen LogP contribution in [0.5, 0.6) is 0 Å². The maximum Gasteiger partial charge on any atom is 0.305 e. The van der Waals surface area contributed by atoms with Crippen LogP contribution in [0, 0.1) is 5.41 Å². The topological polar surface area (TPSA) is 57.2 Å². The Morgan fingerprint density at radius 3 is 1.43 bits per heavy atom. The van der Waals surface area contributed by atoms with Crippen LogP contribution < -0.4 is 0 Å². The van der Waals surface area contributed by atoms with E-state index in [2.05, 4.69) is 25.8 Å². The molecule has 2 bridgehead atoms. The van der Waals surface area contributed by atoms with E-state index in [0.717, 1.165) is 25.9 Å². The minimum Gasteiger partial charge on any atom is -0.464 e. The van der Waals surface area contributed by atoms with Crippen LogP contribution in [-0.4, -0.2) is 63.4 Å². The van der Waals surface area contributed by atoms with Gasteiger partial charge in [-0.25, -0.2) is 0 Å². The number of unbranched alkanes of at least 4 members (excludes halogenated alkanes) is 21. The van der Waals surface area contributed by atoms with Gasteiger partial charge in [-0.3, -0.25) is 4.79 Å². The summed E-state index contributed by atoms with van der Waals surface area (Å²) in [6.45, 7) is 8.73. The summed E-state index contributed by atoms with van der Waals surface area (Å²) in [6.07, 6.45) is 32.9. The molecule has 0 aromatic carbocycles. The van der Waals surface area contributed by atoms with Gasteiger partial charge in [0.05, 0.1) is 19.8 Å². The summed E-state index contributed by atoms with van der Waals surface area (Å²) in [7, 11) is 2.13. The molecule has 3 rings (SSSR count). The highest BCUT2D eigenvalue weighted by atomic mass is 16.9. The number of nitrogens with zero attached hydrogens (tertiary/aromatic N) is 1. The highest BCUT2D eigenvalue weighted by Gasteiger charge is 2.52. The quantitative estimate of drug-likeness (QED) is 0.0566. The second kappa shape index (κ2) is 25.4. The van der Waals surface area contributed by atoms with Crippen molar-refractivity contribution in [2.24, 2.45) is 5.41 Å². The van der Waals surface area contributed by atoms with E-state index < -0.39 is 5.97 Å². The van der Waals surface area contributed by atoms with Gasteiger partial charge >= 0.3 is 5.97 Å². The summed E-state index contributed by atoms with van der Waals surface area (Å²) in [4.78, 5) is 14.7. The van der Waals surface area contributed by atoms with E-state index in [1.54, 1.807) is 0 Å². The van der Waals surface area contributed by atoms with E-state index in [9.17, 15) is 4.79 Å². The summed E-state index contributed by atoms with van der Waals surface area (Å²) in [5.41, 5.74) is -0.219. The van der Waals surface area contributed by atoms with Crippen molar-refractivity contribution in [2.75, 3.05) is 46.6 Å². The summed E-state index contributed by atoms with van der Waals surface area (Å²) in [5.74, 6) is -0.971. The third-order valence-electron chi connectivity index (χ3n) is 9.87. The van der Waals surface area contributed by atoms with Gasteiger partial charge in [-0.15, -0.1) is 0 Å². The molecule has 3 aliphatic rings. The first-order chi connectivity index (χ1) is 21.5. The van der Waals surface area contributed by atoms with Crippen LogP contribution in [-0.2, 0) is 23.7 Å². The first-order valence-corrected chi connectivity index (χ1v) is 19.3. The number of hydrogen-bond acceptors (Lipinski definition) is 6. The van der Waals surface area contributed by atoms with Crippen molar-refractivity contribution in [3.8, 4) is 0 Å². The van der Waals surface area contributed by atoms with E-state index in [0.29, 0.717) is 39.3 Å². The molecule has 0 spiro atoms. The van der Waals surface area contributed by atoms with Crippen LogP contribution in [0.15, 0.2) is 0 Å². The highest BCUT2D eigenvalue weighted by Crippen LogP contribution is 2.43. The Labute approximate surface area is 273 Å². The molecule has 0 saturated carbocycles. The predicted octanol–water partition coefficient (Wildman–Crippen LogP) is 10.4. The van der Waals surface area contributed by atoms with Gasteiger partial charge in [0.1, 0.15) is 6.61 Å². The fourth-order valence-corrected chi connectivity index (χ4v) is 6.57. The molecule has 6 nitrogen and oxygen atoms in total. The van der Waals surface area contributed by atoms with Gasteiger partial charge in [0.25, 0.3) is 5.97 Å². The zero-order valence-electron chi connectivity index (χ0n) is 29.6. The molecule has 0 N–H and O–H groups in total. The molecule has 0 unspecified atom stereocenters. The second-order valence-corrected chi connectivity index (χ2v) is 14.2. The largest absolute Gasteiger partial charge is 0.464 e. The SMILES string of the molecule is CCCCCCCCCCCCCCN(C)CCOC(=O)CCC12COC(CCCCCCCCCCCCC)(OC1)OC2. The summed E-state index contributed by atoms with van der Waals surface area (Å²) >= 11 is 0. The van der Waals surface area contributed by atoms with Crippen molar-refractivity contribution < 1.29 is 23.7 Å². The average Bonchev–Trinajstić information content (AvgIpc) is 3.04. The van der Waals surface area contributed by atoms with Crippen molar-refractivity contribution >= 4 is 5.97 Å². The normalized spacial score (nSPS) is 21.4. The predicted molar refractivity (Wildman–Crippen MR) is 183 cm³/mol. The Bertz CT molecular complexity index is 662. The first-order valence-electron chi connectivity index (χ1n) is 19.3. The van der Waals surface area contributed by atoms with Crippen LogP contribution in [0.4, 0.5) is 0 Å². The molecule has 0 amide bonds. The first kappa shape index (κ1) is 39.5. The van der Waals surface area contributed by atoms with E-state index in [-0.39, 0.29) is 11.4 Å². The minimum atomic E-state index is -0.848. The third kappa shape index (κ3) is 18.5. The van der Waals surface area contributed by atoms with Crippen LogP contribution in [0.3, 0.4) is 0 Å². The van der Waals surface area contributed by atoms with E-state index in [1.807, 2.05) is 0 Å². The van der Waals surface area contributed by atoms with E-state index in [1.165, 1.54) is 141 Å². The Hall–Kier alpha value is -0.690. The summed E-state index contributed by atoms with van der Waals surface area (Å²) in [5, 5.41) is 0. The molecule has 6 heteroatoms. The van der Waals surface area contributed by atoms with Gasteiger partial charge in [0, 0.05) is 24.8 Å². The van der Waals surface area contributed by atoms with Crippen LogP contribution in [0.25, 0.3) is 0 Å². The number of esters is 1. The molecular formula is C38H73NO5. The number of ether oxygens (including phenoxy) is 4. The number of carbonyl (C=O) groups is 1. The molecule has 0 aliphatic carbocycles. The van der Waals surface area contributed by atoms with Crippen molar-refractivity contribution in [1.29, 1.82) is 0 Å². The number of hydrogen-bond donors (Lipinski definition) is 0. The van der Waals surface area contributed by atoms with Crippen molar-refractivity contribution in [2.45, 2.75) is 187 Å². The van der Waals surface area contributed by atoms with Crippen LogP contribution >= 0.6 is 0 Å². The Balaban J connectivity index is 1.39. The number of rotatable bonds is 31. The van der Waals surface area contributed by atoms with Gasteiger partial charge in [-0.05, 0) is 32.9 Å². The molecule has 0 aromatic rings. The molecule has 3 aliphatic heterocycles. The Kier molecular flexibility index (Phi) is 22.8. The molecule has 260 valence electrons. The molecule has 0 aromatic heterocycles. The highest BCUT2D eigenvalue weighted by molar-refractivity contribution is 5.69. The fourth-order valence-electron chi connectivity index (χ4n) is 6.57. The fraction of sp³-hybridized carbons (Fsp3) is 0.974. The van der Waals surface area contributed by atoms with Gasteiger partial charge in [0.2, 0.25) is 0 Å². The molecule has 3 heterocycles. The minimum absolute atomic E-state index is 0.124. The molecule has 3 saturated heterocycles. The molecular weight excluding hydrogens is 550 g/mol.